The summed E-state index contributed by atoms with van der Waals surface area (Å²) in [6, 6.07) is 1.39. The molecule has 1 aromatic heterocycles. The van der Waals surface area contributed by atoms with E-state index in [2.05, 4.69) is 25.7 Å². The third-order valence-electron chi connectivity index (χ3n) is 4.75. The summed E-state index contributed by atoms with van der Waals surface area (Å²) < 4.78 is 5.52. The van der Waals surface area contributed by atoms with Crippen molar-refractivity contribution in [2.45, 2.75) is 51.1 Å². The third-order valence-corrected chi connectivity index (χ3v) is 4.75. The highest BCUT2D eigenvalue weighted by molar-refractivity contribution is 5.17. The minimum atomic E-state index is 0.552. The predicted molar refractivity (Wildman–Crippen MR) is 82.1 cm³/mol. The van der Waals surface area contributed by atoms with Gasteiger partial charge in [0.05, 0.1) is 6.54 Å². The van der Waals surface area contributed by atoms with E-state index in [4.69, 9.17) is 4.42 Å². The van der Waals surface area contributed by atoms with Crippen molar-refractivity contribution in [3.05, 3.63) is 5.89 Å². The van der Waals surface area contributed by atoms with Crippen LogP contribution in [0.15, 0.2) is 4.42 Å². The van der Waals surface area contributed by atoms with Crippen molar-refractivity contribution < 1.29 is 4.42 Å². The van der Waals surface area contributed by atoms with Gasteiger partial charge in [0.15, 0.2) is 0 Å². The molecule has 2 fully saturated rings. The lowest BCUT2D eigenvalue weighted by atomic mass is 9.94. The molecule has 1 saturated heterocycles. The van der Waals surface area contributed by atoms with Gasteiger partial charge < -0.3 is 20.0 Å². The van der Waals surface area contributed by atoms with Gasteiger partial charge >= 0.3 is 6.01 Å². The van der Waals surface area contributed by atoms with Gasteiger partial charge in [0.25, 0.3) is 0 Å². The molecule has 0 spiro atoms. The Balaban J connectivity index is 1.41. The number of nitrogens with zero attached hydrogens (tertiary/aromatic N) is 3. The molecule has 1 aromatic rings. The maximum Gasteiger partial charge on any atom is 0.315 e. The van der Waals surface area contributed by atoms with Gasteiger partial charge in [0.2, 0.25) is 5.89 Å². The van der Waals surface area contributed by atoms with Crippen LogP contribution >= 0.6 is 0 Å². The topological polar surface area (TPSA) is 66.2 Å². The third kappa shape index (κ3) is 3.95. The van der Waals surface area contributed by atoms with Crippen molar-refractivity contribution in [2.75, 3.05) is 32.0 Å². The Morgan fingerprint density at radius 1 is 1.19 bits per heavy atom. The van der Waals surface area contributed by atoms with E-state index < -0.39 is 0 Å². The maximum absolute atomic E-state index is 5.52. The van der Waals surface area contributed by atoms with Crippen LogP contribution in [0.5, 0.6) is 0 Å². The van der Waals surface area contributed by atoms with Crippen molar-refractivity contribution in [3.8, 4) is 0 Å². The zero-order valence-electron chi connectivity index (χ0n) is 13.0. The Hall–Kier alpha value is -1.14. The lowest BCUT2D eigenvalue weighted by Crippen LogP contribution is -2.35. The van der Waals surface area contributed by atoms with Gasteiger partial charge in [-0.15, -0.1) is 5.10 Å². The summed E-state index contributed by atoms with van der Waals surface area (Å²) in [5, 5.41) is 14.3. The summed E-state index contributed by atoms with van der Waals surface area (Å²) in [4.78, 5) is 2.70. The van der Waals surface area contributed by atoms with Crippen LogP contribution in [0, 0.1) is 5.92 Å². The summed E-state index contributed by atoms with van der Waals surface area (Å²) in [6.07, 6.45) is 8.34. The van der Waals surface area contributed by atoms with Crippen LogP contribution in [0.25, 0.3) is 0 Å². The fourth-order valence-electron chi connectivity index (χ4n) is 3.59. The van der Waals surface area contributed by atoms with Gasteiger partial charge in [0, 0.05) is 19.1 Å². The molecule has 2 heterocycles. The molecule has 1 aliphatic carbocycles. The zero-order chi connectivity index (χ0) is 14.5. The van der Waals surface area contributed by atoms with Crippen molar-refractivity contribution in [1.82, 2.24) is 20.4 Å². The number of hydrogen-bond acceptors (Lipinski definition) is 6. The minimum absolute atomic E-state index is 0.552. The zero-order valence-corrected chi connectivity index (χ0v) is 13.0. The summed E-state index contributed by atoms with van der Waals surface area (Å²) in [5.41, 5.74) is 0. The van der Waals surface area contributed by atoms with Gasteiger partial charge in [-0.2, -0.15) is 0 Å². The average Bonchev–Trinajstić information content (AvgIpc) is 3.16. The van der Waals surface area contributed by atoms with E-state index in [1.165, 1.54) is 51.6 Å². The molecule has 6 heteroatoms. The van der Waals surface area contributed by atoms with Gasteiger partial charge in [0.1, 0.15) is 0 Å². The summed E-state index contributed by atoms with van der Waals surface area (Å²) in [5.74, 6) is 1.34. The molecule has 1 aliphatic heterocycles. The molecule has 21 heavy (non-hydrogen) atoms. The first-order chi connectivity index (χ1) is 10.3. The van der Waals surface area contributed by atoms with Crippen LogP contribution in [0.1, 0.15) is 44.4 Å². The van der Waals surface area contributed by atoms with E-state index in [9.17, 15) is 0 Å². The second kappa shape index (κ2) is 7.22. The van der Waals surface area contributed by atoms with Crippen LogP contribution in [0.4, 0.5) is 6.01 Å². The average molecular weight is 293 g/mol. The molecule has 0 aromatic carbocycles. The predicted octanol–water partition coefficient (Wildman–Crippen LogP) is 1.86. The first-order valence-electron chi connectivity index (χ1n) is 8.30. The second-order valence-corrected chi connectivity index (χ2v) is 6.35. The number of hydrogen-bond donors (Lipinski definition) is 2. The van der Waals surface area contributed by atoms with E-state index in [1.54, 1.807) is 0 Å². The van der Waals surface area contributed by atoms with Crippen molar-refractivity contribution >= 4 is 6.01 Å². The second-order valence-electron chi connectivity index (χ2n) is 6.35. The van der Waals surface area contributed by atoms with Crippen molar-refractivity contribution in [2.24, 2.45) is 5.92 Å². The fraction of sp³-hybridized carbons (Fsp3) is 0.867. The molecule has 2 aliphatic rings. The Morgan fingerprint density at radius 2 is 2.05 bits per heavy atom. The molecule has 1 atom stereocenters. The van der Waals surface area contributed by atoms with Crippen molar-refractivity contribution in [3.63, 3.8) is 0 Å². The number of aromatic nitrogens is 2. The van der Waals surface area contributed by atoms with Crippen LogP contribution in [-0.2, 0) is 6.54 Å². The van der Waals surface area contributed by atoms with E-state index in [0.29, 0.717) is 24.4 Å². The number of nitrogens with one attached hydrogen (secondary N) is 2. The monoisotopic (exact) mass is 293 g/mol. The molecule has 0 radical (unpaired) electrons. The molecule has 1 unspecified atom stereocenters. The number of likely N-dealkylation sites (tertiary alicyclic amines) is 1. The Morgan fingerprint density at radius 3 is 2.86 bits per heavy atom. The molecule has 0 bridgehead atoms. The first kappa shape index (κ1) is 14.8. The molecule has 0 amide bonds. The summed E-state index contributed by atoms with van der Waals surface area (Å²) in [7, 11) is 1.87. The highest BCUT2D eigenvalue weighted by Crippen LogP contribution is 2.27. The fourth-order valence-corrected chi connectivity index (χ4v) is 3.59. The quantitative estimate of drug-likeness (QED) is 0.834. The standard InChI is InChI=1S/C15H27N5O/c1-16-10-14-18-19-15(21-14)17-9-12-7-8-20(11-12)13-5-3-2-4-6-13/h12-13,16H,2-11H2,1H3,(H,17,19). The summed E-state index contributed by atoms with van der Waals surface area (Å²) >= 11 is 0. The number of anilines is 1. The minimum Gasteiger partial charge on any atom is -0.407 e. The molecule has 3 rings (SSSR count). The van der Waals surface area contributed by atoms with E-state index >= 15 is 0 Å². The SMILES string of the molecule is CNCc1nnc(NCC2CCN(C3CCCCC3)C2)o1. The molecule has 2 N–H and O–H groups in total. The van der Waals surface area contributed by atoms with Crippen LogP contribution < -0.4 is 10.6 Å². The van der Waals surface area contributed by atoms with Gasteiger partial charge in [-0.1, -0.05) is 24.4 Å². The lowest BCUT2D eigenvalue weighted by molar-refractivity contribution is 0.186. The summed E-state index contributed by atoms with van der Waals surface area (Å²) in [6.45, 7) is 4.03. The molecular weight excluding hydrogens is 266 g/mol. The Kier molecular flexibility index (Phi) is 5.08. The maximum atomic E-state index is 5.52. The van der Waals surface area contributed by atoms with E-state index in [0.717, 1.165) is 12.6 Å². The van der Waals surface area contributed by atoms with Crippen LogP contribution in [0.3, 0.4) is 0 Å². The Bertz CT molecular complexity index is 429. The first-order valence-corrected chi connectivity index (χ1v) is 8.30. The highest BCUT2D eigenvalue weighted by Gasteiger charge is 2.29. The van der Waals surface area contributed by atoms with Crippen LogP contribution in [0.2, 0.25) is 0 Å². The number of rotatable bonds is 6. The van der Waals surface area contributed by atoms with Gasteiger partial charge in [-0.05, 0) is 38.8 Å². The van der Waals surface area contributed by atoms with Gasteiger partial charge in [-0.25, -0.2) is 0 Å². The van der Waals surface area contributed by atoms with Crippen LogP contribution in [-0.4, -0.2) is 47.8 Å². The molecule has 1 saturated carbocycles. The normalized spacial score (nSPS) is 24.5. The molecule has 118 valence electrons. The lowest BCUT2D eigenvalue weighted by Gasteiger charge is -2.31. The van der Waals surface area contributed by atoms with Crippen molar-refractivity contribution in [1.29, 1.82) is 0 Å². The largest absolute Gasteiger partial charge is 0.407 e. The molecule has 6 nitrogen and oxygen atoms in total. The van der Waals surface area contributed by atoms with E-state index in [1.807, 2.05) is 7.05 Å². The molecular formula is C15H27N5O. The highest BCUT2D eigenvalue weighted by atomic mass is 16.4. The smallest absolute Gasteiger partial charge is 0.315 e. The Labute approximate surface area is 126 Å². The van der Waals surface area contributed by atoms with E-state index in [-0.39, 0.29) is 0 Å². The van der Waals surface area contributed by atoms with Gasteiger partial charge in [-0.3, -0.25) is 0 Å².